The molecule has 3 nitrogen and oxygen atoms in total. The van der Waals surface area contributed by atoms with Gasteiger partial charge in [0.2, 0.25) is 5.91 Å². The molecule has 2 N–H and O–H groups in total. The Bertz CT molecular complexity index is 368. The highest BCUT2D eigenvalue weighted by molar-refractivity contribution is 5.75. The molecule has 0 saturated carbocycles. The van der Waals surface area contributed by atoms with Crippen LogP contribution in [0.5, 0.6) is 0 Å². The van der Waals surface area contributed by atoms with Crippen molar-refractivity contribution in [2.75, 3.05) is 13.1 Å². The van der Waals surface area contributed by atoms with E-state index in [4.69, 9.17) is 0 Å². The quantitative estimate of drug-likeness (QED) is 0.796. The van der Waals surface area contributed by atoms with Crippen LogP contribution >= 0.6 is 0 Å². The van der Waals surface area contributed by atoms with Crippen molar-refractivity contribution in [3.05, 3.63) is 35.6 Å². The molecule has 1 aromatic rings. The molecular weight excluding hydrogens is 219 g/mol. The summed E-state index contributed by atoms with van der Waals surface area (Å²) in [6, 6.07) is 6.52. The molecule has 4 heteroatoms. The monoisotopic (exact) mass is 238 g/mol. The van der Waals surface area contributed by atoms with Gasteiger partial charge in [0.05, 0.1) is 0 Å². The number of hydrogen-bond acceptors (Lipinski definition) is 2. The van der Waals surface area contributed by atoms with Gasteiger partial charge in [0.15, 0.2) is 0 Å². The zero-order chi connectivity index (χ0) is 12.7. The Hall–Kier alpha value is -1.42. The zero-order valence-corrected chi connectivity index (χ0v) is 10.3. The minimum Gasteiger partial charge on any atom is -0.356 e. The van der Waals surface area contributed by atoms with E-state index >= 15 is 0 Å². The highest BCUT2D eigenvalue weighted by atomic mass is 19.1. The summed E-state index contributed by atoms with van der Waals surface area (Å²) < 4.78 is 13.0. The van der Waals surface area contributed by atoms with E-state index in [0.29, 0.717) is 19.5 Å². The van der Waals surface area contributed by atoms with Crippen molar-refractivity contribution in [3.8, 4) is 0 Å². The van der Waals surface area contributed by atoms with Crippen molar-refractivity contribution in [2.45, 2.75) is 26.3 Å². The Labute approximate surface area is 101 Å². The number of hydrogen-bond donors (Lipinski definition) is 2. The molecule has 94 valence electrons. The largest absolute Gasteiger partial charge is 0.356 e. The number of halogens is 1. The molecule has 0 spiro atoms. The first-order valence-corrected chi connectivity index (χ1v) is 5.89. The van der Waals surface area contributed by atoms with Crippen molar-refractivity contribution in [3.63, 3.8) is 0 Å². The summed E-state index contributed by atoms with van der Waals surface area (Å²) >= 11 is 0. The number of carbonyl (C=O) groups excluding carboxylic acids is 1. The summed E-state index contributed by atoms with van der Waals surface area (Å²) in [5, 5.41) is 5.92. The minimum absolute atomic E-state index is 0.0337. The third-order valence-electron chi connectivity index (χ3n) is 2.53. The van der Waals surface area contributed by atoms with E-state index in [2.05, 4.69) is 10.6 Å². The van der Waals surface area contributed by atoms with Crippen molar-refractivity contribution in [2.24, 2.45) is 0 Å². The van der Waals surface area contributed by atoms with Crippen LogP contribution in [-0.4, -0.2) is 19.0 Å². The molecular formula is C13H19FN2O. The Balaban J connectivity index is 2.35. The second kappa shape index (κ2) is 7.01. The van der Waals surface area contributed by atoms with Crippen molar-refractivity contribution in [1.29, 1.82) is 0 Å². The molecule has 1 atom stereocenters. The molecule has 1 amide bonds. The maximum Gasteiger partial charge on any atom is 0.221 e. The Kier molecular flexibility index (Phi) is 5.63. The highest BCUT2D eigenvalue weighted by Crippen LogP contribution is 2.12. The van der Waals surface area contributed by atoms with Gasteiger partial charge in [-0.1, -0.05) is 12.1 Å². The van der Waals surface area contributed by atoms with Crippen LogP contribution in [0.25, 0.3) is 0 Å². The third kappa shape index (κ3) is 4.95. The van der Waals surface area contributed by atoms with E-state index in [1.165, 1.54) is 12.1 Å². The van der Waals surface area contributed by atoms with Crippen LogP contribution in [0.1, 0.15) is 31.9 Å². The van der Waals surface area contributed by atoms with Crippen LogP contribution in [0.2, 0.25) is 0 Å². The zero-order valence-electron chi connectivity index (χ0n) is 10.3. The van der Waals surface area contributed by atoms with Crippen molar-refractivity contribution in [1.82, 2.24) is 10.6 Å². The standard InChI is InChI=1S/C13H19FN2O/c1-3-15-13(17)7-8-16-10(2)11-5-4-6-12(14)9-11/h4-6,9-10,16H,3,7-8H2,1-2H3,(H,15,17). The second-order valence-electron chi connectivity index (χ2n) is 3.93. The smallest absolute Gasteiger partial charge is 0.221 e. The minimum atomic E-state index is -0.236. The van der Waals surface area contributed by atoms with E-state index in [1.54, 1.807) is 6.07 Å². The fraction of sp³-hybridized carbons (Fsp3) is 0.462. The van der Waals surface area contributed by atoms with Crippen LogP contribution in [0, 0.1) is 5.82 Å². The fourth-order valence-corrected chi connectivity index (χ4v) is 1.58. The average molecular weight is 238 g/mol. The van der Waals surface area contributed by atoms with Gasteiger partial charge in [0.25, 0.3) is 0 Å². The Morgan fingerprint density at radius 3 is 2.88 bits per heavy atom. The topological polar surface area (TPSA) is 41.1 Å². The predicted octanol–water partition coefficient (Wildman–Crippen LogP) is 2.00. The number of carbonyl (C=O) groups is 1. The highest BCUT2D eigenvalue weighted by Gasteiger charge is 2.06. The van der Waals surface area contributed by atoms with Crippen LogP contribution < -0.4 is 10.6 Å². The molecule has 1 rings (SSSR count). The number of nitrogens with one attached hydrogen (secondary N) is 2. The van der Waals surface area contributed by atoms with E-state index in [9.17, 15) is 9.18 Å². The lowest BCUT2D eigenvalue weighted by atomic mass is 10.1. The molecule has 0 aliphatic carbocycles. The first kappa shape index (κ1) is 13.6. The van der Waals surface area contributed by atoms with Gasteiger partial charge in [0, 0.05) is 25.6 Å². The third-order valence-corrected chi connectivity index (χ3v) is 2.53. The number of rotatable bonds is 6. The molecule has 0 heterocycles. The Morgan fingerprint density at radius 2 is 2.24 bits per heavy atom. The van der Waals surface area contributed by atoms with Crippen LogP contribution in [0.3, 0.4) is 0 Å². The van der Waals surface area contributed by atoms with Crippen LogP contribution in [-0.2, 0) is 4.79 Å². The van der Waals surface area contributed by atoms with Gasteiger partial charge in [-0.15, -0.1) is 0 Å². The lowest BCUT2D eigenvalue weighted by Gasteiger charge is -2.14. The van der Waals surface area contributed by atoms with Gasteiger partial charge in [-0.2, -0.15) is 0 Å². The molecule has 17 heavy (non-hydrogen) atoms. The van der Waals surface area contributed by atoms with Gasteiger partial charge in [-0.3, -0.25) is 4.79 Å². The first-order valence-electron chi connectivity index (χ1n) is 5.89. The fourth-order valence-electron chi connectivity index (χ4n) is 1.58. The van der Waals surface area contributed by atoms with Gasteiger partial charge in [0.1, 0.15) is 5.82 Å². The molecule has 0 aliphatic heterocycles. The molecule has 1 unspecified atom stereocenters. The van der Waals surface area contributed by atoms with Crippen molar-refractivity contribution >= 4 is 5.91 Å². The van der Waals surface area contributed by atoms with Crippen LogP contribution in [0.4, 0.5) is 4.39 Å². The lowest BCUT2D eigenvalue weighted by Crippen LogP contribution is -2.28. The van der Waals surface area contributed by atoms with E-state index < -0.39 is 0 Å². The van der Waals surface area contributed by atoms with E-state index in [-0.39, 0.29) is 17.8 Å². The van der Waals surface area contributed by atoms with Gasteiger partial charge in [-0.05, 0) is 31.5 Å². The summed E-state index contributed by atoms with van der Waals surface area (Å²) in [4.78, 5) is 11.2. The summed E-state index contributed by atoms with van der Waals surface area (Å²) in [6.07, 6.45) is 0.438. The molecule has 1 aromatic carbocycles. The van der Waals surface area contributed by atoms with Crippen LogP contribution in [0.15, 0.2) is 24.3 Å². The predicted molar refractivity (Wildman–Crippen MR) is 66.1 cm³/mol. The lowest BCUT2D eigenvalue weighted by molar-refractivity contribution is -0.120. The summed E-state index contributed by atoms with van der Waals surface area (Å²) in [5.41, 5.74) is 0.890. The molecule has 0 bridgehead atoms. The number of amides is 1. The summed E-state index contributed by atoms with van der Waals surface area (Å²) in [7, 11) is 0. The molecule has 0 saturated heterocycles. The summed E-state index contributed by atoms with van der Waals surface area (Å²) in [5.74, 6) is -0.202. The van der Waals surface area contributed by atoms with Gasteiger partial charge < -0.3 is 10.6 Å². The maximum absolute atomic E-state index is 13.0. The van der Waals surface area contributed by atoms with Gasteiger partial charge in [-0.25, -0.2) is 4.39 Å². The van der Waals surface area contributed by atoms with E-state index in [1.807, 2.05) is 19.9 Å². The second-order valence-corrected chi connectivity index (χ2v) is 3.93. The maximum atomic E-state index is 13.0. The number of benzene rings is 1. The SMILES string of the molecule is CCNC(=O)CCNC(C)c1cccc(F)c1. The van der Waals surface area contributed by atoms with E-state index in [0.717, 1.165) is 5.56 Å². The van der Waals surface area contributed by atoms with Crippen molar-refractivity contribution < 1.29 is 9.18 Å². The molecule has 0 radical (unpaired) electrons. The van der Waals surface area contributed by atoms with Gasteiger partial charge >= 0.3 is 0 Å². The molecule has 0 aliphatic rings. The first-order chi connectivity index (χ1) is 8.13. The summed E-state index contributed by atoms with van der Waals surface area (Å²) in [6.45, 7) is 5.08. The average Bonchev–Trinajstić information content (AvgIpc) is 2.29. The Morgan fingerprint density at radius 1 is 1.47 bits per heavy atom. The molecule has 0 fully saturated rings. The normalized spacial score (nSPS) is 12.2. The molecule has 0 aromatic heterocycles.